The maximum atomic E-state index is 10.9. The number of hydrogen-bond acceptors (Lipinski definition) is 3. The third-order valence-electron chi connectivity index (χ3n) is 4.81. The summed E-state index contributed by atoms with van der Waals surface area (Å²) < 4.78 is 0. The lowest BCUT2D eigenvalue weighted by molar-refractivity contribution is -0.139. The SMILES string of the molecule is CCN(CC(=O)O)C1CCN(CC2CCCC2)CC1.Cl. The Morgan fingerprint density at radius 2 is 1.80 bits per heavy atom. The van der Waals surface area contributed by atoms with Crippen molar-refractivity contribution in [2.45, 2.75) is 51.5 Å². The quantitative estimate of drug-likeness (QED) is 0.819. The van der Waals surface area contributed by atoms with E-state index in [0.29, 0.717) is 6.04 Å². The number of carbonyl (C=O) groups is 1. The Kier molecular flexibility index (Phi) is 7.85. The van der Waals surface area contributed by atoms with Gasteiger partial charge in [0.25, 0.3) is 0 Å². The Balaban J connectivity index is 0.00000200. The third-order valence-corrected chi connectivity index (χ3v) is 4.81. The summed E-state index contributed by atoms with van der Waals surface area (Å²) in [5.41, 5.74) is 0. The molecule has 2 fully saturated rings. The molecule has 0 unspecified atom stereocenters. The largest absolute Gasteiger partial charge is 0.480 e. The molecular weight excluding hydrogens is 276 g/mol. The normalized spacial score (nSPS) is 22.1. The first-order chi connectivity index (χ1) is 9.19. The molecule has 0 atom stereocenters. The van der Waals surface area contributed by atoms with E-state index in [1.54, 1.807) is 0 Å². The van der Waals surface area contributed by atoms with Crippen molar-refractivity contribution in [1.29, 1.82) is 0 Å². The maximum absolute atomic E-state index is 10.9. The topological polar surface area (TPSA) is 43.8 Å². The van der Waals surface area contributed by atoms with Gasteiger partial charge < -0.3 is 10.0 Å². The van der Waals surface area contributed by atoms with E-state index in [2.05, 4.69) is 16.7 Å². The molecule has 1 saturated heterocycles. The molecule has 2 rings (SSSR count). The van der Waals surface area contributed by atoms with E-state index in [-0.39, 0.29) is 19.0 Å². The van der Waals surface area contributed by atoms with Crippen molar-refractivity contribution in [2.24, 2.45) is 5.92 Å². The van der Waals surface area contributed by atoms with Crippen LogP contribution in [0.3, 0.4) is 0 Å². The van der Waals surface area contributed by atoms with Gasteiger partial charge in [0, 0.05) is 12.6 Å². The molecule has 0 aromatic carbocycles. The van der Waals surface area contributed by atoms with E-state index >= 15 is 0 Å². The number of carboxylic acid groups (broad SMARTS) is 1. The van der Waals surface area contributed by atoms with Crippen molar-refractivity contribution in [3.8, 4) is 0 Å². The molecule has 0 spiro atoms. The molecule has 5 heteroatoms. The molecule has 1 aliphatic carbocycles. The summed E-state index contributed by atoms with van der Waals surface area (Å²) in [6.45, 7) is 6.68. The number of rotatable bonds is 6. The monoisotopic (exact) mass is 304 g/mol. The van der Waals surface area contributed by atoms with Gasteiger partial charge in [0.15, 0.2) is 0 Å². The van der Waals surface area contributed by atoms with Gasteiger partial charge in [0.05, 0.1) is 6.54 Å². The lowest BCUT2D eigenvalue weighted by atomic mass is 10.0. The molecule has 2 aliphatic rings. The molecule has 1 aliphatic heterocycles. The number of halogens is 1. The number of carboxylic acids is 1. The fourth-order valence-corrected chi connectivity index (χ4v) is 3.70. The first kappa shape index (κ1) is 17.7. The number of nitrogens with zero attached hydrogens (tertiary/aromatic N) is 2. The summed E-state index contributed by atoms with van der Waals surface area (Å²) >= 11 is 0. The highest BCUT2D eigenvalue weighted by atomic mass is 35.5. The van der Waals surface area contributed by atoms with Gasteiger partial charge in [-0.15, -0.1) is 12.4 Å². The number of hydrogen-bond donors (Lipinski definition) is 1. The van der Waals surface area contributed by atoms with Crippen LogP contribution >= 0.6 is 12.4 Å². The van der Waals surface area contributed by atoms with Crippen LogP contribution in [0.5, 0.6) is 0 Å². The van der Waals surface area contributed by atoms with Crippen molar-refractivity contribution >= 4 is 18.4 Å². The summed E-state index contributed by atoms with van der Waals surface area (Å²) in [7, 11) is 0. The van der Waals surface area contributed by atoms with E-state index in [1.807, 2.05) is 0 Å². The number of piperidine rings is 1. The maximum Gasteiger partial charge on any atom is 0.317 e. The summed E-state index contributed by atoms with van der Waals surface area (Å²) in [6.07, 6.45) is 7.94. The molecule has 0 aromatic rings. The van der Waals surface area contributed by atoms with Crippen LogP contribution in [0.4, 0.5) is 0 Å². The molecule has 0 amide bonds. The molecule has 1 heterocycles. The zero-order valence-corrected chi connectivity index (χ0v) is 13.4. The molecule has 0 radical (unpaired) electrons. The second kappa shape index (κ2) is 8.85. The minimum absolute atomic E-state index is 0. The van der Waals surface area contributed by atoms with Gasteiger partial charge in [0.2, 0.25) is 0 Å². The van der Waals surface area contributed by atoms with Gasteiger partial charge >= 0.3 is 5.97 Å². The second-order valence-corrected chi connectivity index (χ2v) is 6.14. The lowest BCUT2D eigenvalue weighted by Gasteiger charge is -2.38. The highest BCUT2D eigenvalue weighted by Crippen LogP contribution is 2.27. The predicted octanol–water partition coefficient (Wildman–Crippen LogP) is 2.47. The van der Waals surface area contributed by atoms with Gasteiger partial charge in [-0.2, -0.15) is 0 Å². The van der Waals surface area contributed by atoms with Gasteiger partial charge in [0.1, 0.15) is 0 Å². The van der Waals surface area contributed by atoms with Crippen LogP contribution < -0.4 is 0 Å². The molecule has 20 heavy (non-hydrogen) atoms. The van der Waals surface area contributed by atoms with Crippen LogP contribution in [0, 0.1) is 5.92 Å². The van der Waals surface area contributed by atoms with Gasteiger partial charge in [-0.25, -0.2) is 0 Å². The Bertz CT molecular complexity index is 288. The van der Waals surface area contributed by atoms with Crippen LogP contribution in [0.2, 0.25) is 0 Å². The summed E-state index contributed by atoms with van der Waals surface area (Å²) in [6, 6.07) is 0.473. The van der Waals surface area contributed by atoms with Gasteiger partial charge in [-0.1, -0.05) is 19.8 Å². The summed E-state index contributed by atoms with van der Waals surface area (Å²) in [5, 5.41) is 8.94. The van der Waals surface area contributed by atoms with Crippen molar-refractivity contribution in [3.05, 3.63) is 0 Å². The minimum Gasteiger partial charge on any atom is -0.480 e. The van der Waals surface area contributed by atoms with Crippen LogP contribution in [0.1, 0.15) is 45.4 Å². The molecule has 4 nitrogen and oxygen atoms in total. The second-order valence-electron chi connectivity index (χ2n) is 6.14. The molecule has 118 valence electrons. The fraction of sp³-hybridized carbons (Fsp3) is 0.933. The van der Waals surface area contributed by atoms with Crippen molar-refractivity contribution in [1.82, 2.24) is 9.80 Å². The van der Waals surface area contributed by atoms with Crippen LogP contribution in [-0.2, 0) is 4.79 Å². The number of likely N-dealkylation sites (tertiary alicyclic amines) is 1. The lowest BCUT2D eigenvalue weighted by Crippen LogP contribution is -2.47. The first-order valence-corrected chi connectivity index (χ1v) is 7.87. The van der Waals surface area contributed by atoms with Crippen molar-refractivity contribution in [2.75, 3.05) is 32.7 Å². The zero-order valence-electron chi connectivity index (χ0n) is 12.6. The first-order valence-electron chi connectivity index (χ1n) is 7.87. The van der Waals surface area contributed by atoms with Gasteiger partial charge in [-0.3, -0.25) is 9.69 Å². The average molecular weight is 305 g/mol. The van der Waals surface area contributed by atoms with E-state index in [9.17, 15) is 4.79 Å². The zero-order chi connectivity index (χ0) is 13.7. The van der Waals surface area contributed by atoms with Crippen LogP contribution in [0.25, 0.3) is 0 Å². The van der Waals surface area contributed by atoms with Gasteiger partial charge in [-0.05, 0) is 51.2 Å². The van der Waals surface area contributed by atoms with E-state index in [0.717, 1.165) is 38.4 Å². The molecule has 1 N–H and O–H groups in total. The average Bonchev–Trinajstić information content (AvgIpc) is 2.90. The fourth-order valence-electron chi connectivity index (χ4n) is 3.70. The van der Waals surface area contributed by atoms with Crippen LogP contribution in [0.15, 0.2) is 0 Å². The Morgan fingerprint density at radius 1 is 1.20 bits per heavy atom. The van der Waals surface area contributed by atoms with E-state index in [1.165, 1.54) is 32.2 Å². The third kappa shape index (κ3) is 5.23. The highest BCUT2D eigenvalue weighted by molar-refractivity contribution is 5.85. The Hall–Kier alpha value is -0.320. The summed E-state index contributed by atoms with van der Waals surface area (Å²) in [4.78, 5) is 15.6. The van der Waals surface area contributed by atoms with E-state index in [4.69, 9.17) is 5.11 Å². The van der Waals surface area contributed by atoms with E-state index < -0.39 is 5.97 Å². The molecule has 0 bridgehead atoms. The predicted molar refractivity (Wildman–Crippen MR) is 83.6 cm³/mol. The Labute approximate surface area is 128 Å². The smallest absolute Gasteiger partial charge is 0.317 e. The van der Waals surface area contributed by atoms with Crippen LogP contribution in [-0.4, -0.2) is 59.6 Å². The number of likely N-dealkylation sites (N-methyl/N-ethyl adjacent to an activating group) is 1. The standard InChI is InChI=1S/C15H28N2O2.ClH/c1-2-17(12-15(18)19)14-7-9-16(10-8-14)11-13-5-3-4-6-13;/h13-14H,2-12H2,1H3,(H,18,19);1H. The molecule has 0 aromatic heterocycles. The van der Waals surface area contributed by atoms with Crippen molar-refractivity contribution < 1.29 is 9.90 Å². The number of aliphatic carboxylic acids is 1. The Morgan fingerprint density at radius 3 is 2.30 bits per heavy atom. The van der Waals surface area contributed by atoms with Crippen molar-refractivity contribution in [3.63, 3.8) is 0 Å². The highest BCUT2D eigenvalue weighted by Gasteiger charge is 2.26. The summed E-state index contributed by atoms with van der Waals surface area (Å²) in [5.74, 6) is 0.230. The molecule has 1 saturated carbocycles. The molecular formula is C15H29ClN2O2. The minimum atomic E-state index is -0.699.